The van der Waals surface area contributed by atoms with Crippen LogP contribution in [0.25, 0.3) is 0 Å². The molecule has 0 aliphatic rings. The number of ether oxygens (including phenoxy) is 1. The van der Waals surface area contributed by atoms with Crippen LogP contribution in [0.2, 0.25) is 0 Å². The van der Waals surface area contributed by atoms with Crippen molar-refractivity contribution in [2.24, 2.45) is 5.92 Å². The monoisotopic (exact) mass is 328 g/mol. The van der Waals surface area contributed by atoms with Gasteiger partial charge in [0.15, 0.2) is 0 Å². The Bertz CT molecular complexity index is 382. The van der Waals surface area contributed by atoms with E-state index < -0.39 is 0 Å². The number of hydrogen-bond acceptors (Lipinski definition) is 3. The summed E-state index contributed by atoms with van der Waals surface area (Å²) >= 11 is 3.55. The number of anilines is 1. The Balaban J connectivity index is 2.73. The van der Waals surface area contributed by atoms with Gasteiger partial charge in [-0.3, -0.25) is 0 Å². The summed E-state index contributed by atoms with van der Waals surface area (Å²) in [5.41, 5.74) is 2.57. The van der Waals surface area contributed by atoms with E-state index in [0.717, 1.165) is 30.7 Å². The maximum atomic E-state index is 5.15. The molecule has 4 heteroatoms. The molecule has 0 spiro atoms. The molecule has 0 bridgehead atoms. The first-order valence-corrected chi connectivity index (χ1v) is 7.53. The fourth-order valence-corrected chi connectivity index (χ4v) is 2.24. The van der Waals surface area contributed by atoms with E-state index in [9.17, 15) is 0 Å². The second kappa shape index (κ2) is 8.56. The molecule has 0 unspecified atom stereocenters. The molecule has 1 rings (SSSR count). The summed E-state index contributed by atoms with van der Waals surface area (Å²) in [7, 11) is 3.84. The molecule has 0 aromatic heterocycles. The maximum Gasteiger partial charge on any atom is 0.0637 e. The second-order valence-corrected chi connectivity index (χ2v) is 6.13. The van der Waals surface area contributed by atoms with Crippen LogP contribution in [0.1, 0.15) is 19.4 Å². The average molecular weight is 329 g/mol. The molecule has 108 valence electrons. The molecule has 0 fully saturated rings. The van der Waals surface area contributed by atoms with E-state index in [1.54, 1.807) is 7.11 Å². The van der Waals surface area contributed by atoms with Crippen molar-refractivity contribution in [1.82, 2.24) is 5.32 Å². The molecule has 0 radical (unpaired) electrons. The summed E-state index contributed by atoms with van der Waals surface area (Å²) in [5.74, 6) is 0.671. The molecule has 0 saturated heterocycles. The van der Waals surface area contributed by atoms with Gasteiger partial charge < -0.3 is 15.0 Å². The van der Waals surface area contributed by atoms with Crippen LogP contribution in [0.3, 0.4) is 0 Å². The first-order chi connectivity index (χ1) is 9.04. The van der Waals surface area contributed by atoms with Crippen LogP contribution in [-0.4, -0.2) is 33.9 Å². The molecule has 1 aromatic carbocycles. The summed E-state index contributed by atoms with van der Waals surface area (Å²) in [4.78, 5) is 2.24. The van der Waals surface area contributed by atoms with Crippen molar-refractivity contribution >= 4 is 21.6 Å². The zero-order valence-corrected chi connectivity index (χ0v) is 14.0. The molecule has 0 aliphatic heterocycles. The van der Waals surface area contributed by atoms with E-state index >= 15 is 0 Å². The van der Waals surface area contributed by atoms with Crippen LogP contribution >= 0.6 is 15.9 Å². The highest BCUT2D eigenvalue weighted by atomic mass is 79.9. The average Bonchev–Trinajstić information content (AvgIpc) is 2.37. The molecule has 1 aromatic rings. The maximum absolute atomic E-state index is 5.15. The molecule has 0 heterocycles. The number of hydrogen-bond donors (Lipinski definition) is 1. The van der Waals surface area contributed by atoms with Gasteiger partial charge in [-0.2, -0.15) is 0 Å². The van der Waals surface area contributed by atoms with Gasteiger partial charge in [-0.15, -0.1) is 0 Å². The minimum Gasteiger partial charge on any atom is -0.383 e. The highest BCUT2D eigenvalue weighted by Gasteiger charge is 2.08. The quantitative estimate of drug-likeness (QED) is 0.792. The summed E-state index contributed by atoms with van der Waals surface area (Å²) in [5, 5.41) is 3.50. The minimum atomic E-state index is 0.671. The second-order valence-electron chi connectivity index (χ2n) is 5.21. The Morgan fingerprint density at radius 2 is 2.11 bits per heavy atom. The van der Waals surface area contributed by atoms with E-state index in [0.29, 0.717) is 5.92 Å². The van der Waals surface area contributed by atoms with Crippen molar-refractivity contribution in [1.29, 1.82) is 0 Å². The predicted octanol–water partition coefficient (Wildman–Crippen LogP) is 3.28. The van der Waals surface area contributed by atoms with E-state index in [4.69, 9.17) is 4.74 Å². The lowest BCUT2D eigenvalue weighted by molar-refractivity contribution is 0.206. The Kier molecular flexibility index (Phi) is 7.42. The van der Waals surface area contributed by atoms with Crippen LogP contribution in [0.4, 0.5) is 5.69 Å². The normalized spacial score (nSPS) is 11.1. The highest BCUT2D eigenvalue weighted by molar-refractivity contribution is 9.10. The van der Waals surface area contributed by atoms with Gasteiger partial charge in [0.25, 0.3) is 0 Å². The molecule has 0 saturated carbocycles. The first kappa shape index (κ1) is 16.5. The van der Waals surface area contributed by atoms with Crippen molar-refractivity contribution in [3.05, 3.63) is 28.2 Å². The SMILES string of the molecule is COCCN(C)c1cc(Br)ccc1CNCC(C)C. The lowest BCUT2D eigenvalue weighted by atomic mass is 10.1. The number of nitrogens with zero attached hydrogens (tertiary/aromatic N) is 1. The van der Waals surface area contributed by atoms with Crippen LogP contribution < -0.4 is 10.2 Å². The van der Waals surface area contributed by atoms with Crippen LogP contribution in [0.15, 0.2) is 22.7 Å². The Morgan fingerprint density at radius 1 is 1.37 bits per heavy atom. The van der Waals surface area contributed by atoms with Gasteiger partial charge in [0.05, 0.1) is 6.61 Å². The number of nitrogens with one attached hydrogen (secondary N) is 1. The fourth-order valence-electron chi connectivity index (χ4n) is 1.89. The summed E-state index contributed by atoms with van der Waals surface area (Å²) in [6, 6.07) is 6.44. The van der Waals surface area contributed by atoms with Gasteiger partial charge in [-0.25, -0.2) is 0 Å². The van der Waals surface area contributed by atoms with Crippen molar-refractivity contribution < 1.29 is 4.74 Å². The van der Waals surface area contributed by atoms with Gasteiger partial charge in [0.1, 0.15) is 0 Å². The first-order valence-electron chi connectivity index (χ1n) is 6.73. The van der Waals surface area contributed by atoms with Gasteiger partial charge in [0, 0.05) is 37.4 Å². The van der Waals surface area contributed by atoms with E-state index in [-0.39, 0.29) is 0 Å². The predicted molar refractivity (Wildman–Crippen MR) is 85.8 cm³/mol. The summed E-state index contributed by atoms with van der Waals surface area (Å²) in [6.07, 6.45) is 0. The third-order valence-corrected chi connectivity index (χ3v) is 3.45. The van der Waals surface area contributed by atoms with Crippen molar-refractivity contribution in [3.63, 3.8) is 0 Å². The van der Waals surface area contributed by atoms with Crippen molar-refractivity contribution in [3.8, 4) is 0 Å². The van der Waals surface area contributed by atoms with Crippen molar-refractivity contribution in [2.45, 2.75) is 20.4 Å². The standard InChI is InChI=1S/C15H25BrN2O/c1-12(2)10-17-11-13-5-6-14(16)9-15(13)18(3)7-8-19-4/h5-6,9,12,17H,7-8,10-11H2,1-4H3. The topological polar surface area (TPSA) is 24.5 Å². The van der Waals surface area contributed by atoms with Gasteiger partial charge in [0.2, 0.25) is 0 Å². The lowest BCUT2D eigenvalue weighted by Gasteiger charge is -2.23. The molecule has 0 atom stereocenters. The minimum absolute atomic E-state index is 0.671. The molecular formula is C15H25BrN2O. The molecule has 3 nitrogen and oxygen atoms in total. The van der Waals surface area contributed by atoms with Crippen LogP contribution in [-0.2, 0) is 11.3 Å². The number of methoxy groups -OCH3 is 1. The summed E-state index contributed by atoms with van der Waals surface area (Å²) in [6.45, 7) is 8.02. The van der Waals surface area contributed by atoms with Crippen molar-refractivity contribution in [2.75, 3.05) is 38.8 Å². The third kappa shape index (κ3) is 5.93. The van der Waals surface area contributed by atoms with Gasteiger partial charge in [-0.05, 0) is 30.2 Å². The smallest absolute Gasteiger partial charge is 0.0637 e. The van der Waals surface area contributed by atoms with E-state index in [1.165, 1.54) is 11.3 Å². The zero-order chi connectivity index (χ0) is 14.3. The van der Waals surface area contributed by atoms with Gasteiger partial charge >= 0.3 is 0 Å². The largest absolute Gasteiger partial charge is 0.383 e. The Labute approximate surface area is 125 Å². The Hall–Kier alpha value is -0.580. The van der Waals surface area contributed by atoms with Crippen LogP contribution in [0, 0.1) is 5.92 Å². The van der Waals surface area contributed by atoms with Crippen LogP contribution in [0.5, 0.6) is 0 Å². The highest BCUT2D eigenvalue weighted by Crippen LogP contribution is 2.24. The number of halogens is 1. The number of benzene rings is 1. The van der Waals surface area contributed by atoms with E-state index in [1.807, 2.05) is 0 Å². The summed E-state index contributed by atoms with van der Waals surface area (Å²) < 4.78 is 6.26. The molecule has 19 heavy (non-hydrogen) atoms. The molecule has 1 N–H and O–H groups in total. The van der Waals surface area contributed by atoms with Gasteiger partial charge in [-0.1, -0.05) is 35.8 Å². The molecule has 0 aliphatic carbocycles. The lowest BCUT2D eigenvalue weighted by Crippen LogP contribution is -2.25. The third-order valence-electron chi connectivity index (χ3n) is 2.96. The number of likely N-dealkylation sites (N-methyl/N-ethyl adjacent to an activating group) is 1. The number of rotatable bonds is 8. The zero-order valence-electron chi connectivity index (χ0n) is 12.4. The molecular weight excluding hydrogens is 304 g/mol. The Morgan fingerprint density at radius 3 is 2.74 bits per heavy atom. The fraction of sp³-hybridized carbons (Fsp3) is 0.600. The molecule has 0 amide bonds. The van der Waals surface area contributed by atoms with E-state index in [2.05, 4.69) is 65.2 Å².